The fourth-order valence-corrected chi connectivity index (χ4v) is 6.53. The summed E-state index contributed by atoms with van der Waals surface area (Å²) < 4.78 is 13.6. The predicted octanol–water partition coefficient (Wildman–Crippen LogP) is 5.29. The lowest BCUT2D eigenvalue weighted by Crippen LogP contribution is -2.64. The zero-order valence-electron chi connectivity index (χ0n) is 20.4. The third-order valence-electron chi connectivity index (χ3n) is 8.68. The van der Waals surface area contributed by atoms with E-state index in [0.29, 0.717) is 24.5 Å². The first-order valence-corrected chi connectivity index (χ1v) is 13.5. The standard InChI is InChI=1S/C28H46NO3/c1-2-3-20-31-21-10-9-17-29-18-15-24(16-19-29)27(22-29)32-23-28(30,26-13-7-8-14-26)25-11-5-4-6-12-25/h4-6,11-12,24,26-27,30H,2-3,7-10,13-23H2,1H3/q+1/t24?,27-,28+,29?/m0/s1. The number of benzene rings is 1. The first-order chi connectivity index (χ1) is 15.7. The molecule has 32 heavy (non-hydrogen) atoms. The van der Waals surface area contributed by atoms with Gasteiger partial charge >= 0.3 is 0 Å². The molecule has 0 aromatic heterocycles. The summed E-state index contributed by atoms with van der Waals surface area (Å²) in [5.41, 5.74) is 0.199. The molecule has 1 aliphatic carbocycles. The highest BCUT2D eigenvalue weighted by Gasteiger charge is 2.48. The highest BCUT2D eigenvalue weighted by Crippen LogP contribution is 2.42. The van der Waals surface area contributed by atoms with Crippen molar-refractivity contribution in [3.05, 3.63) is 35.9 Å². The molecular formula is C28H46NO3+. The van der Waals surface area contributed by atoms with E-state index in [1.807, 2.05) is 6.07 Å². The summed E-state index contributed by atoms with van der Waals surface area (Å²) in [4.78, 5) is 0. The van der Waals surface area contributed by atoms with Crippen LogP contribution in [0, 0.1) is 11.8 Å². The van der Waals surface area contributed by atoms with Crippen LogP contribution < -0.4 is 0 Å². The minimum Gasteiger partial charge on any atom is -0.382 e. The molecule has 4 nitrogen and oxygen atoms in total. The maximum atomic E-state index is 11.9. The largest absolute Gasteiger partial charge is 0.382 e. The van der Waals surface area contributed by atoms with E-state index in [-0.39, 0.29) is 0 Å². The first kappa shape index (κ1) is 24.2. The van der Waals surface area contributed by atoms with Crippen LogP contribution in [0.3, 0.4) is 0 Å². The molecule has 3 aliphatic heterocycles. The molecule has 0 radical (unpaired) electrons. The number of ether oxygens (including phenoxy) is 2. The summed E-state index contributed by atoms with van der Waals surface area (Å²) in [5.74, 6) is 0.998. The van der Waals surface area contributed by atoms with Gasteiger partial charge in [-0.3, -0.25) is 0 Å². The van der Waals surface area contributed by atoms with E-state index in [1.165, 1.54) is 75.5 Å². The van der Waals surface area contributed by atoms with Crippen molar-refractivity contribution in [3.63, 3.8) is 0 Å². The fourth-order valence-electron chi connectivity index (χ4n) is 6.53. The summed E-state index contributed by atoms with van der Waals surface area (Å²) in [7, 11) is 0. The molecule has 3 heterocycles. The second-order valence-corrected chi connectivity index (χ2v) is 10.8. The summed E-state index contributed by atoms with van der Waals surface area (Å²) >= 11 is 0. The maximum Gasteiger partial charge on any atom is 0.116 e. The smallest absolute Gasteiger partial charge is 0.116 e. The van der Waals surface area contributed by atoms with Crippen molar-refractivity contribution in [2.75, 3.05) is 46.0 Å². The highest BCUT2D eigenvalue weighted by atomic mass is 16.5. The Labute approximate surface area is 195 Å². The molecule has 2 atom stereocenters. The second kappa shape index (κ2) is 11.5. The van der Waals surface area contributed by atoms with Gasteiger partial charge in [0.25, 0.3) is 0 Å². The molecule has 0 amide bonds. The summed E-state index contributed by atoms with van der Waals surface area (Å²) in [6.45, 7) is 9.51. The Morgan fingerprint density at radius 1 is 0.969 bits per heavy atom. The van der Waals surface area contributed by atoms with E-state index >= 15 is 0 Å². The normalized spacial score (nSPS) is 29.9. The zero-order valence-corrected chi connectivity index (χ0v) is 20.4. The van der Waals surface area contributed by atoms with Gasteiger partial charge in [0.2, 0.25) is 0 Å². The molecule has 1 N–H and O–H groups in total. The van der Waals surface area contributed by atoms with Gasteiger partial charge in [-0.25, -0.2) is 0 Å². The molecule has 4 aliphatic rings. The first-order valence-electron chi connectivity index (χ1n) is 13.5. The number of rotatable bonds is 13. The molecule has 0 unspecified atom stereocenters. The van der Waals surface area contributed by atoms with E-state index in [2.05, 4.69) is 31.2 Å². The molecule has 3 saturated heterocycles. The van der Waals surface area contributed by atoms with Crippen molar-refractivity contribution in [1.29, 1.82) is 0 Å². The highest BCUT2D eigenvalue weighted by molar-refractivity contribution is 5.24. The number of piperidine rings is 3. The number of fused-ring (bicyclic) bond motifs is 3. The van der Waals surface area contributed by atoms with Crippen LogP contribution in [0.2, 0.25) is 0 Å². The van der Waals surface area contributed by atoms with E-state index in [4.69, 9.17) is 9.47 Å². The van der Waals surface area contributed by atoms with Gasteiger partial charge in [-0.1, -0.05) is 56.5 Å². The lowest BCUT2D eigenvalue weighted by atomic mass is 9.80. The number of hydrogen-bond acceptors (Lipinski definition) is 3. The van der Waals surface area contributed by atoms with E-state index in [0.717, 1.165) is 38.2 Å². The van der Waals surface area contributed by atoms with Gasteiger partial charge in [-0.2, -0.15) is 0 Å². The Hall–Kier alpha value is -0.940. The molecule has 1 aromatic carbocycles. The molecule has 1 aromatic rings. The quantitative estimate of drug-likeness (QED) is 0.332. The SMILES string of the molecule is CCCCOCCCC[N+]12CCC(CC1)[C@@H](OC[C@@](O)(c1ccccc1)C1CCCC1)C2. The molecule has 4 fully saturated rings. The number of quaternary nitrogens is 1. The van der Waals surface area contributed by atoms with Crippen molar-refractivity contribution in [2.24, 2.45) is 11.8 Å². The topological polar surface area (TPSA) is 38.7 Å². The number of hydrogen-bond donors (Lipinski definition) is 1. The van der Waals surface area contributed by atoms with Crippen LogP contribution in [0.5, 0.6) is 0 Å². The minimum absolute atomic E-state index is 0.301. The van der Waals surface area contributed by atoms with Crippen LogP contribution in [0.4, 0.5) is 0 Å². The van der Waals surface area contributed by atoms with Crippen LogP contribution in [0.1, 0.15) is 76.7 Å². The molecule has 4 heteroatoms. The Morgan fingerprint density at radius 3 is 2.41 bits per heavy atom. The lowest BCUT2D eigenvalue weighted by Gasteiger charge is -2.53. The molecule has 0 spiro atoms. The monoisotopic (exact) mass is 444 g/mol. The van der Waals surface area contributed by atoms with Crippen LogP contribution in [-0.4, -0.2) is 61.7 Å². The summed E-state index contributed by atoms with van der Waals surface area (Å²) in [6.07, 6.45) is 12.4. The van der Waals surface area contributed by atoms with Gasteiger partial charge in [0.1, 0.15) is 18.2 Å². The predicted molar refractivity (Wildman–Crippen MR) is 129 cm³/mol. The van der Waals surface area contributed by atoms with E-state index < -0.39 is 5.60 Å². The van der Waals surface area contributed by atoms with Crippen molar-refractivity contribution in [2.45, 2.75) is 82.8 Å². The van der Waals surface area contributed by atoms with Crippen molar-refractivity contribution < 1.29 is 19.1 Å². The molecule has 2 bridgehead atoms. The summed E-state index contributed by atoms with van der Waals surface area (Å²) in [5, 5.41) is 11.9. The van der Waals surface area contributed by atoms with Gasteiger partial charge in [0.15, 0.2) is 0 Å². The molecular weight excluding hydrogens is 398 g/mol. The zero-order chi connectivity index (χ0) is 22.3. The average molecular weight is 445 g/mol. The van der Waals surface area contributed by atoms with E-state index in [9.17, 15) is 5.11 Å². The van der Waals surface area contributed by atoms with Gasteiger partial charge in [-0.05, 0) is 43.6 Å². The Balaban J connectivity index is 1.31. The lowest BCUT2D eigenvalue weighted by molar-refractivity contribution is -0.946. The van der Waals surface area contributed by atoms with Gasteiger partial charge in [0.05, 0.1) is 26.2 Å². The molecule has 5 rings (SSSR count). The Morgan fingerprint density at radius 2 is 1.69 bits per heavy atom. The maximum absolute atomic E-state index is 11.9. The van der Waals surface area contributed by atoms with Crippen LogP contribution in [-0.2, 0) is 15.1 Å². The van der Waals surface area contributed by atoms with Crippen molar-refractivity contribution in [3.8, 4) is 0 Å². The van der Waals surface area contributed by atoms with Crippen LogP contribution in [0.15, 0.2) is 30.3 Å². The number of unbranched alkanes of at least 4 members (excludes halogenated alkanes) is 2. The van der Waals surface area contributed by atoms with Gasteiger partial charge in [0, 0.05) is 32.0 Å². The third-order valence-corrected chi connectivity index (χ3v) is 8.68. The van der Waals surface area contributed by atoms with Crippen LogP contribution in [0.25, 0.3) is 0 Å². The average Bonchev–Trinajstić information content (AvgIpc) is 3.39. The fraction of sp³-hybridized carbons (Fsp3) is 0.786. The molecule has 1 saturated carbocycles. The van der Waals surface area contributed by atoms with Gasteiger partial charge < -0.3 is 19.1 Å². The van der Waals surface area contributed by atoms with Crippen LogP contribution >= 0.6 is 0 Å². The Bertz CT molecular complexity index is 667. The van der Waals surface area contributed by atoms with Gasteiger partial charge in [-0.15, -0.1) is 0 Å². The second-order valence-electron chi connectivity index (χ2n) is 10.8. The number of nitrogens with zero attached hydrogens (tertiary/aromatic N) is 1. The Kier molecular flexibility index (Phi) is 8.67. The van der Waals surface area contributed by atoms with E-state index in [1.54, 1.807) is 0 Å². The third kappa shape index (κ3) is 5.75. The van der Waals surface area contributed by atoms with Crippen molar-refractivity contribution in [1.82, 2.24) is 0 Å². The molecule has 180 valence electrons. The van der Waals surface area contributed by atoms with Crippen molar-refractivity contribution >= 4 is 0 Å². The number of aliphatic hydroxyl groups is 1. The minimum atomic E-state index is -0.843. The summed E-state index contributed by atoms with van der Waals surface area (Å²) in [6, 6.07) is 10.3.